The van der Waals surface area contributed by atoms with Crippen LogP contribution in [0, 0.1) is 12.8 Å². The van der Waals surface area contributed by atoms with Crippen LogP contribution in [0.15, 0.2) is 22.7 Å². The summed E-state index contributed by atoms with van der Waals surface area (Å²) < 4.78 is 6.42. The van der Waals surface area contributed by atoms with E-state index in [1.807, 2.05) is 0 Å². The molecule has 3 N–H and O–H groups in total. The van der Waals surface area contributed by atoms with E-state index in [-0.39, 0.29) is 11.5 Å². The molecule has 0 aliphatic rings. The molecule has 0 spiro atoms. The first-order valence-corrected chi connectivity index (χ1v) is 7.89. The topological polar surface area (TPSA) is 98.3 Å². The lowest BCUT2D eigenvalue weighted by Gasteiger charge is -2.13. The molecule has 0 aliphatic carbocycles. The van der Waals surface area contributed by atoms with E-state index in [0.29, 0.717) is 35.2 Å². The third-order valence-electron chi connectivity index (χ3n) is 3.10. The lowest BCUT2D eigenvalue weighted by atomic mass is 10.0. The predicted octanol–water partition coefficient (Wildman–Crippen LogP) is 3.53. The molecule has 1 heterocycles. The summed E-state index contributed by atoms with van der Waals surface area (Å²) in [5, 5.41) is 9.41. The standard InChI is InChI=1S/C16H18BrN3O3/c1-8(2)7-23-12-5-4-10(6-11(12)17)14-13(15(21)22)9(3)19-16(18)20-14/h4-6,8H,7H2,1-3H3,(H,21,22)(H2,18,19,20). The van der Waals surface area contributed by atoms with E-state index in [9.17, 15) is 9.90 Å². The molecule has 0 unspecified atom stereocenters. The second-order valence-corrected chi connectivity index (χ2v) is 6.40. The van der Waals surface area contributed by atoms with Crippen molar-refractivity contribution < 1.29 is 14.6 Å². The van der Waals surface area contributed by atoms with Crippen LogP contribution in [0.2, 0.25) is 0 Å². The van der Waals surface area contributed by atoms with Crippen molar-refractivity contribution in [1.82, 2.24) is 9.97 Å². The number of carboxylic acid groups (broad SMARTS) is 1. The fourth-order valence-corrected chi connectivity index (χ4v) is 2.57. The number of aromatic nitrogens is 2. The SMILES string of the molecule is Cc1nc(N)nc(-c2ccc(OCC(C)C)c(Br)c2)c1C(=O)O. The summed E-state index contributed by atoms with van der Waals surface area (Å²) in [5.41, 5.74) is 6.96. The van der Waals surface area contributed by atoms with Gasteiger partial charge in [-0.3, -0.25) is 0 Å². The van der Waals surface area contributed by atoms with Crippen molar-refractivity contribution in [3.05, 3.63) is 33.9 Å². The van der Waals surface area contributed by atoms with Crippen molar-refractivity contribution >= 4 is 27.8 Å². The summed E-state index contributed by atoms with van der Waals surface area (Å²) in [6, 6.07) is 5.30. The zero-order valence-corrected chi connectivity index (χ0v) is 14.7. The average molecular weight is 380 g/mol. The number of hydrogen-bond acceptors (Lipinski definition) is 5. The molecule has 1 aromatic carbocycles. The third kappa shape index (κ3) is 3.98. The number of halogens is 1. The van der Waals surface area contributed by atoms with Gasteiger partial charge in [-0.05, 0) is 47.0 Å². The fraction of sp³-hybridized carbons (Fsp3) is 0.312. The summed E-state index contributed by atoms with van der Waals surface area (Å²) in [7, 11) is 0. The quantitative estimate of drug-likeness (QED) is 0.824. The number of nitrogens with zero attached hydrogens (tertiary/aromatic N) is 2. The maximum atomic E-state index is 11.5. The zero-order chi connectivity index (χ0) is 17.1. The number of nitrogen functional groups attached to an aromatic ring is 1. The van der Waals surface area contributed by atoms with Gasteiger partial charge in [0.15, 0.2) is 0 Å². The molecule has 0 saturated carbocycles. The summed E-state index contributed by atoms with van der Waals surface area (Å²) in [5.74, 6) is 0.0510. The first-order chi connectivity index (χ1) is 10.8. The molecule has 0 radical (unpaired) electrons. The molecular formula is C16H18BrN3O3. The third-order valence-corrected chi connectivity index (χ3v) is 3.72. The van der Waals surface area contributed by atoms with Crippen LogP contribution in [0.25, 0.3) is 11.3 Å². The van der Waals surface area contributed by atoms with Gasteiger partial charge in [-0.1, -0.05) is 13.8 Å². The molecule has 0 saturated heterocycles. The van der Waals surface area contributed by atoms with Crippen LogP contribution in [-0.2, 0) is 0 Å². The lowest BCUT2D eigenvalue weighted by Crippen LogP contribution is -2.10. The predicted molar refractivity (Wildman–Crippen MR) is 91.6 cm³/mol. The number of ether oxygens (including phenoxy) is 1. The van der Waals surface area contributed by atoms with Crippen LogP contribution >= 0.6 is 15.9 Å². The maximum Gasteiger partial charge on any atom is 0.339 e. The molecular weight excluding hydrogens is 362 g/mol. The summed E-state index contributed by atoms with van der Waals surface area (Å²) in [6.45, 7) is 6.32. The first-order valence-electron chi connectivity index (χ1n) is 7.09. The van der Waals surface area contributed by atoms with Gasteiger partial charge in [-0.25, -0.2) is 14.8 Å². The Balaban J connectivity index is 2.47. The van der Waals surface area contributed by atoms with Crippen molar-refractivity contribution in [2.75, 3.05) is 12.3 Å². The van der Waals surface area contributed by atoms with E-state index < -0.39 is 5.97 Å². The van der Waals surface area contributed by atoms with Crippen LogP contribution in [0.5, 0.6) is 5.75 Å². The second kappa shape index (κ2) is 6.95. The molecule has 0 bridgehead atoms. The Hall–Kier alpha value is -2.15. The molecule has 0 fully saturated rings. The Labute approximate surface area is 142 Å². The van der Waals surface area contributed by atoms with E-state index in [2.05, 4.69) is 39.7 Å². The number of nitrogens with two attached hydrogens (primary N) is 1. The van der Waals surface area contributed by atoms with Gasteiger partial charge in [0.05, 0.1) is 22.5 Å². The number of aryl methyl sites for hydroxylation is 1. The van der Waals surface area contributed by atoms with Gasteiger partial charge in [-0.15, -0.1) is 0 Å². The molecule has 0 amide bonds. The van der Waals surface area contributed by atoms with Gasteiger partial charge in [0, 0.05) is 5.56 Å². The molecule has 2 aromatic rings. The number of benzene rings is 1. The fourth-order valence-electron chi connectivity index (χ4n) is 2.08. The number of rotatable bonds is 5. The van der Waals surface area contributed by atoms with Gasteiger partial charge >= 0.3 is 5.97 Å². The number of anilines is 1. The zero-order valence-electron chi connectivity index (χ0n) is 13.1. The van der Waals surface area contributed by atoms with Crippen LogP contribution in [-0.4, -0.2) is 27.7 Å². The van der Waals surface area contributed by atoms with Crippen LogP contribution in [0.1, 0.15) is 29.9 Å². The van der Waals surface area contributed by atoms with Crippen LogP contribution in [0.3, 0.4) is 0 Å². The maximum absolute atomic E-state index is 11.5. The lowest BCUT2D eigenvalue weighted by molar-refractivity contribution is 0.0696. The number of carbonyl (C=O) groups is 1. The molecule has 6 nitrogen and oxygen atoms in total. The Morgan fingerprint density at radius 1 is 1.39 bits per heavy atom. The molecule has 0 aliphatic heterocycles. The largest absolute Gasteiger partial charge is 0.492 e. The van der Waals surface area contributed by atoms with Crippen molar-refractivity contribution in [2.45, 2.75) is 20.8 Å². The van der Waals surface area contributed by atoms with Gasteiger partial charge < -0.3 is 15.6 Å². The Kier molecular flexibility index (Phi) is 5.20. The van der Waals surface area contributed by atoms with Crippen molar-refractivity contribution in [1.29, 1.82) is 0 Å². The van der Waals surface area contributed by atoms with E-state index >= 15 is 0 Å². The highest BCUT2D eigenvalue weighted by molar-refractivity contribution is 9.10. The second-order valence-electron chi connectivity index (χ2n) is 5.55. The van der Waals surface area contributed by atoms with Gasteiger partial charge in [0.25, 0.3) is 0 Å². The minimum atomic E-state index is -1.09. The van der Waals surface area contributed by atoms with Crippen LogP contribution in [0.4, 0.5) is 5.95 Å². The highest BCUT2D eigenvalue weighted by Gasteiger charge is 2.19. The summed E-state index contributed by atoms with van der Waals surface area (Å²) >= 11 is 3.45. The minimum Gasteiger partial charge on any atom is -0.492 e. The molecule has 23 heavy (non-hydrogen) atoms. The van der Waals surface area contributed by atoms with Crippen molar-refractivity contribution in [3.8, 4) is 17.0 Å². The monoisotopic (exact) mass is 379 g/mol. The Morgan fingerprint density at radius 3 is 2.65 bits per heavy atom. The van der Waals surface area contributed by atoms with Crippen LogP contribution < -0.4 is 10.5 Å². The van der Waals surface area contributed by atoms with E-state index in [0.717, 1.165) is 4.47 Å². The normalized spacial score (nSPS) is 10.8. The van der Waals surface area contributed by atoms with Gasteiger partial charge in [-0.2, -0.15) is 0 Å². The molecule has 1 aromatic heterocycles. The van der Waals surface area contributed by atoms with E-state index in [1.54, 1.807) is 25.1 Å². The Bertz CT molecular complexity index is 748. The highest BCUT2D eigenvalue weighted by atomic mass is 79.9. The highest BCUT2D eigenvalue weighted by Crippen LogP contribution is 2.32. The molecule has 7 heteroatoms. The molecule has 0 atom stereocenters. The molecule has 122 valence electrons. The van der Waals surface area contributed by atoms with E-state index in [4.69, 9.17) is 10.5 Å². The smallest absolute Gasteiger partial charge is 0.339 e. The summed E-state index contributed by atoms with van der Waals surface area (Å²) in [4.78, 5) is 19.5. The summed E-state index contributed by atoms with van der Waals surface area (Å²) in [6.07, 6.45) is 0. The number of aromatic carboxylic acids is 1. The van der Waals surface area contributed by atoms with E-state index in [1.165, 1.54) is 0 Å². The Morgan fingerprint density at radius 2 is 2.09 bits per heavy atom. The minimum absolute atomic E-state index is 0.0405. The first kappa shape index (κ1) is 17.2. The van der Waals surface area contributed by atoms with Crippen molar-refractivity contribution in [3.63, 3.8) is 0 Å². The van der Waals surface area contributed by atoms with Gasteiger partial charge in [0.2, 0.25) is 5.95 Å². The number of hydrogen-bond donors (Lipinski definition) is 2. The van der Waals surface area contributed by atoms with Gasteiger partial charge in [0.1, 0.15) is 11.3 Å². The number of carboxylic acids is 1. The van der Waals surface area contributed by atoms with Crippen molar-refractivity contribution in [2.24, 2.45) is 5.92 Å². The molecule has 2 rings (SSSR count). The average Bonchev–Trinajstić information content (AvgIpc) is 2.44.